The van der Waals surface area contributed by atoms with Gasteiger partial charge in [0.25, 0.3) is 0 Å². The third-order valence-corrected chi connectivity index (χ3v) is 6.02. The molecule has 1 N–H and O–H groups in total. The molecule has 3 aromatic rings. The second-order valence-corrected chi connectivity index (χ2v) is 7.59. The van der Waals surface area contributed by atoms with Gasteiger partial charge in [-0.2, -0.15) is 8.75 Å². The molecule has 21 heavy (non-hydrogen) atoms. The first-order chi connectivity index (χ1) is 10.3. The zero-order valence-electron chi connectivity index (χ0n) is 10.8. The van der Waals surface area contributed by atoms with Gasteiger partial charge in [0.15, 0.2) is 8.68 Å². The third-order valence-electron chi connectivity index (χ3n) is 2.45. The largest absolute Gasteiger partial charge is 0.323 e. The first-order valence-electron chi connectivity index (χ1n) is 5.77. The zero-order valence-corrected chi connectivity index (χ0v) is 14.0. The molecular formula is C11H9N5OS4. The molecule has 0 radical (unpaired) electrons. The van der Waals surface area contributed by atoms with Gasteiger partial charge in [-0.1, -0.05) is 40.9 Å². The Morgan fingerprint density at radius 3 is 2.95 bits per heavy atom. The van der Waals surface area contributed by atoms with E-state index in [1.54, 1.807) is 11.8 Å². The summed E-state index contributed by atoms with van der Waals surface area (Å²) in [4.78, 5) is 12.0. The number of carbonyl (C=O) groups excluding carboxylic acids is 1. The van der Waals surface area contributed by atoms with E-state index in [9.17, 15) is 4.79 Å². The molecule has 108 valence electrons. The van der Waals surface area contributed by atoms with Gasteiger partial charge in [-0.25, -0.2) is 0 Å². The quantitative estimate of drug-likeness (QED) is 0.705. The summed E-state index contributed by atoms with van der Waals surface area (Å²) in [5.41, 5.74) is 2.20. The maximum Gasteiger partial charge on any atom is 0.234 e. The van der Waals surface area contributed by atoms with Crippen molar-refractivity contribution in [2.45, 2.75) is 8.68 Å². The van der Waals surface area contributed by atoms with Crippen molar-refractivity contribution >= 4 is 69.2 Å². The van der Waals surface area contributed by atoms with E-state index < -0.39 is 0 Å². The van der Waals surface area contributed by atoms with E-state index in [1.165, 1.54) is 23.1 Å². The summed E-state index contributed by atoms with van der Waals surface area (Å²) < 4.78 is 10.0. The molecule has 0 fully saturated rings. The Morgan fingerprint density at radius 2 is 2.14 bits per heavy atom. The van der Waals surface area contributed by atoms with Crippen LogP contribution in [0, 0.1) is 0 Å². The Bertz CT molecular complexity index is 771. The smallest absolute Gasteiger partial charge is 0.234 e. The van der Waals surface area contributed by atoms with Crippen LogP contribution in [0.15, 0.2) is 26.9 Å². The number of benzene rings is 1. The molecule has 0 aliphatic carbocycles. The van der Waals surface area contributed by atoms with Crippen molar-refractivity contribution in [3.8, 4) is 0 Å². The van der Waals surface area contributed by atoms with Crippen molar-refractivity contribution in [2.24, 2.45) is 0 Å². The highest BCUT2D eigenvalue weighted by atomic mass is 32.2. The highest BCUT2D eigenvalue weighted by Crippen LogP contribution is 2.27. The molecule has 1 aromatic carbocycles. The Kier molecular flexibility index (Phi) is 4.68. The van der Waals surface area contributed by atoms with Crippen molar-refractivity contribution in [1.29, 1.82) is 0 Å². The molecule has 10 heteroatoms. The lowest BCUT2D eigenvalue weighted by Crippen LogP contribution is -2.14. The van der Waals surface area contributed by atoms with Crippen molar-refractivity contribution in [2.75, 3.05) is 17.3 Å². The fraction of sp³-hybridized carbons (Fsp3) is 0.182. The van der Waals surface area contributed by atoms with Gasteiger partial charge in [0, 0.05) is 0 Å². The van der Waals surface area contributed by atoms with Crippen molar-refractivity contribution in [3.05, 3.63) is 18.2 Å². The van der Waals surface area contributed by atoms with Crippen LogP contribution in [-0.4, -0.2) is 36.9 Å². The van der Waals surface area contributed by atoms with Crippen LogP contribution in [-0.2, 0) is 4.79 Å². The number of amides is 1. The van der Waals surface area contributed by atoms with E-state index in [-0.39, 0.29) is 11.7 Å². The number of nitrogens with zero attached hydrogens (tertiary/aromatic N) is 4. The van der Waals surface area contributed by atoms with Gasteiger partial charge in [0.1, 0.15) is 11.0 Å². The molecule has 2 aromatic heterocycles. The topological polar surface area (TPSA) is 80.7 Å². The van der Waals surface area contributed by atoms with Crippen LogP contribution in [0.3, 0.4) is 0 Å². The van der Waals surface area contributed by atoms with Gasteiger partial charge in [-0.15, -0.1) is 10.2 Å². The van der Waals surface area contributed by atoms with E-state index in [4.69, 9.17) is 0 Å². The highest BCUT2D eigenvalue weighted by Gasteiger charge is 2.11. The highest BCUT2D eigenvalue weighted by molar-refractivity contribution is 8.03. The third kappa shape index (κ3) is 3.51. The summed E-state index contributed by atoms with van der Waals surface area (Å²) in [6.07, 6.45) is 1.95. The minimum atomic E-state index is -0.0959. The molecule has 0 aliphatic rings. The Balaban J connectivity index is 1.62. The van der Waals surface area contributed by atoms with Gasteiger partial charge in [-0.3, -0.25) is 4.79 Å². The Hall–Kier alpha value is -1.23. The monoisotopic (exact) mass is 355 g/mol. The second kappa shape index (κ2) is 6.69. The summed E-state index contributed by atoms with van der Waals surface area (Å²) in [5, 5.41) is 10.9. The molecule has 0 bridgehead atoms. The van der Waals surface area contributed by atoms with Crippen molar-refractivity contribution in [3.63, 3.8) is 0 Å². The molecule has 3 rings (SSSR count). The van der Waals surface area contributed by atoms with Crippen LogP contribution < -0.4 is 5.32 Å². The molecule has 2 heterocycles. The molecule has 0 saturated heterocycles. The van der Waals surface area contributed by atoms with Crippen molar-refractivity contribution < 1.29 is 4.79 Å². The normalized spacial score (nSPS) is 10.9. The lowest BCUT2D eigenvalue weighted by Gasteiger charge is -2.04. The summed E-state index contributed by atoms with van der Waals surface area (Å²) in [6, 6.07) is 5.54. The predicted molar refractivity (Wildman–Crippen MR) is 88.5 cm³/mol. The minimum Gasteiger partial charge on any atom is -0.323 e. The van der Waals surface area contributed by atoms with E-state index >= 15 is 0 Å². The van der Waals surface area contributed by atoms with Gasteiger partial charge < -0.3 is 5.32 Å². The molecule has 0 saturated carbocycles. The van der Waals surface area contributed by atoms with E-state index in [0.29, 0.717) is 5.69 Å². The van der Waals surface area contributed by atoms with Gasteiger partial charge >= 0.3 is 0 Å². The van der Waals surface area contributed by atoms with Gasteiger partial charge in [-0.05, 0) is 18.4 Å². The Morgan fingerprint density at radius 1 is 1.29 bits per heavy atom. The zero-order chi connectivity index (χ0) is 14.7. The van der Waals surface area contributed by atoms with Crippen LogP contribution in [0.5, 0.6) is 0 Å². The first kappa shape index (κ1) is 14.7. The number of fused-ring (bicyclic) bond motifs is 1. The molecule has 1 amide bonds. The molecular weight excluding hydrogens is 346 g/mol. The fourth-order valence-corrected chi connectivity index (χ4v) is 4.35. The maximum atomic E-state index is 12.0. The number of nitrogens with one attached hydrogen (secondary N) is 1. The molecule has 0 atom stereocenters. The number of anilines is 1. The lowest BCUT2D eigenvalue weighted by molar-refractivity contribution is -0.113. The maximum absolute atomic E-state index is 12.0. The summed E-state index contributed by atoms with van der Waals surface area (Å²) in [7, 11) is 0. The summed E-state index contributed by atoms with van der Waals surface area (Å²) in [5.74, 6) is 0.193. The van der Waals surface area contributed by atoms with E-state index in [2.05, 4.69) is 24.3 Å². The first-order valence-corrected chi connectivity index (χ1v) is 9.53. The Labute approximate surface area is 137 Å². The van der Waals surface area contributed by atoms with E-state index in [0.717, 1.165) is 31.4 Å². The average Bonchev–Trinajstić information content (AvgIpc) is 3.14. The minimum absolute atomic E-state index is 0.0959. The van der Waals surface area contributed by atoms with Crippen LogP contribution in [0.25, 0.3) is 11.0 Å². The second-order valence-electron chi connectivity index (χ2n) is 3.81. The number of rotatable bonds is 5. The lowest BCUT2D eigenvalue weighted by atomic mass is 10.2. The molecule has 0 unspecified atom stereocenters. The fourth-order valence-electron chi connectivity index (χ4n) is 1.56. The van der Waals surface area contributed by atoms with Gasteiger partial charge in [0.2, 0.25) is 5.91 Å². The summed E-state index contributed by atoms with van der Waals surface area (Å²) >= 11 is 5.55. The van der Waals surface area contributed by atoms with Crippen LogP contribution >= 0.6 is 46.6 Å². The number of thioether (sulfide) groups is 2. The summed E-state index contributed by atoms with van der Waals surface area (Å²) in [6.45, 7) is 0. The SMILES string of the molecule is CSc1nnc(SCC(=O)Nc2cccc3nsnc23)s1. The van der Waals surface area contributed by atoms with Crippen molar-refractivity contribution in [1.82, 2.24) is 18.9 Å². The number of carbonyl (C=O) groups is 1. The molecule has 6 nitrogen and oxygen atoms in total. The number of hydrogen-bond acceptors (Lipinski definition) is 9. The standard InChI is InChI=1S/C11H9N5OS4/c1-18-10-13-14-11(20-10)19-5-8(17)12-6-3-2-4-7-9(6)16-21-15-7/h2-4H,5H2,1H3,(H,12,17). The van der Waals surface area contributed by atoms with Crippen LogP contribution in [0.1, 0.15) is 0 Å². The number of hydrogen-bond donors (Lipinski definition) is 1. The van der Waals surface area contributed by atoms with Crippen LogP contribution in [0.4, 0.5) is 5.69 Å². The van der Waals surface area contributed by atoms with Crippen LogP contribution in [0.2, 0.25) is 0 Å². The average molecular weight is 355 g/mol. The molecule has 0 spiro atoms. The number of aromatic nitrogens is 4. The van der Waals surface area contributed by atoms with Gasteiger partial charge in [0.05, 0.1) is 23.2 Å². The van der Waals surface area contributed by atoms with E-state index in [1.807, 2.05) is 24.5 Å². The predicted octanol–water partition coefficient (Wildman–Crippen LogP) is 3.00. The molecule has 0 aliphatic heterocycles.